The normalized spacial score (nSPS) is 16.4. The quantitative estimate of drug-likeness (QED) is 0.770. The highest BCUT2D eigenvalue weighted by molar-refractivity contribution is 5.92. The van der Waals surface area contributed by atoms with E-state index < -0.39 is 0 Å². The SMILES string of the molecule is Nc1cnc2c(N3CCNCC3)cccc2c1. The number of fused-ring (bicyclic) bond motifs is 1. The Morgan fingerprint density at radius 1 is 1.24 bits per heavy atom. The van der Waals surface area contributed by atoms with Crippen LogP contribution >= 0.6 is 0 Å². The molecule has 0 spiro atoms. The number of nitrogens with zero attached hydrogens (tertiary/aromatic N) is 2. The van der Waals surface area contributed by atoms with E-state index in [1.165, 1.54) is 5.69 Å². The Kier molecular flexibility index (Phi) is 2.57. The van der Waals surface area contributed by atoms with Crippen LogP contribution in [0.25, 0.3) is 10.9 Å². The number of aromatic nitrogens is 1. The summed E-state index contributed by atoms with van der Waals surface area (Å²) in [5, 5.41) is 4.47. The number of anilines is 2. The lowest BCUT2D eigenvalue weighted by Crippen LogP contribution is -2.43. The third-order valence-electron chi connectivity index (χ3n) is 3.17. The molecule has 3 rings (SSSR count). The minimum Gasteiger partial charge on any atom is -0.397 e. The van der Waals surface area contributed by atoms with Crippen molar-refractivity contribution in [1.82, 2.24) is 10.3 Å². The zero-order valence-electron chi connectivity index (χ0n) is 9.69. The Hall–Kier alpha value is -1.81. The third-order valence-corrected chi connectivity index (χ3v) is 3.17. The molecule has 2 heterocycles. The number of benzene rings is 1. The number of hydrogen-bond donors (Lipinski definition) is 2. The van der Waals surface area contributed by atoms with Crippen molar-refractivity contribution >= 4 is 22.3 Å². The zero-order valence-corrected chi connectivity index (χ0v) is 9.69. The first-order valence-electron chi connectivity index (χ1n) is 5.94. The number of rotatable bonds is 1. The number of hydrogen-bond acceptors (Lipinski definition) is 4. The van der Waals surface area contributed by atoms with Crippen molar-refractivity contribution in [3.8, 4) is 0 Å². The average molecular weight is 228 g/mol. The van der Waals surface area contributed by atoms with Gasteiger partial charge in [-0.15, -0.1) is 0 Å². The molecule has 0 saturated carbocycles. The van der Waals surface area contributed by atoms with Crippen molar-refractivity contribution in [2.24, 2.45) is 0 Å². The lowest BCUT2D eigenvalue weighted by atomic mass is 10.1. The first-order chi connectivity index (χ1) is 8.34. The standard InChI is InChI=1S/C13H16N4/c14-11-8-10-2-1-3-12(13(10)16-9-11)17-6-4-15-5-7-17/h1-3,8-9,15H,4-7,14H2. The van der Waals surface area contributed by atoms with Crippen LogP contribution in [0.3, 0.4) is 0 Å². The van der Waals surface area contributed by atoms with Crippen LogP contribution in [-0.2, 0) is 0 Å². The minimum absolute atomic E-state index is 0.718. The fourth-order valence-electron chi connectivity index (χ4n) is 2.32. The predicted octanol–water partition coefficient (Wildman–Crippen LogP) is 1.23. The molecule has 2 aromatic rings. The Morgan fingerprint density at radius 2 is 2.06 bits per heavy atom. The molecular weight excluding hydrogens is 212 g/mol. The predicted molar refractivity (Wildman–Crippen MR) is 71.2 cm³/mol. The van der Waals surface area contributed by atoms with E-state index in [9.17, 15) is 0 Å². The fraction of sp³-hybridized carbons (Fsp3) is 0.308. The van der Waals surface area contributed by atoms with Crippen molar-refractivity contribution in [2.75, 3.05) is 36.8 Å². The van der Waals surface area contributed by atoms with E-state index >= 15 is 0 Å². The molecule has 4 nitrogen and oxygen atoms in total. The van der Waals surface area contributed by atoms with Gasteiger partial charge in [0.1, 0.15) is 0 Å². The minimum atomic E-state index is 0.718. The van der Waals surface area contributed by atoms with Crippen molar-refractivity contribution < 1.29 is 0 Å². The lowest BCUT2D eigenvalue weighted by molar-refractivity contribution is 0.590. The lowest BCUT2D eigenvalue weighted by Gasteiger charge is -2.30. The molecule has 1 fully saturated rings. The number of para-hydroxylation sites is 1. The number of nitrogen functional groups attached to an aromatic ring is 1. The number of pyridine rings is 1. The van der Waals surface area contributed by atoms with E-state index in [2.05, 4.69) is 33.4 Å². The summed E-state index contributed by atoms with van der Waals surface area (Å²) in [6, 6.07) is 8.25. The van der Waals surface area contributed by atoms with Crippen LogP contribution in [0.4, 0.5) is 11.4 Å². The van der Waals surface area contributed by atoms with Gasteiger partial charge in [-0.2, -0.15) is 0 Å². The van der Waals surface area contributed by atoms with Gasteiger partial charge in [0.25, 0.3) is 0 Å². The van der Waals surface area contributed by atoms with E-state index in [0.29, 0.717) is 0 Å². The first-order valence-corrected chi connectivity index (χ1v) is 5.94. The second-order valence-electron chi connectivity index (χ2n) is 4.35. The molecule has 1 aliphatic heterocycles. The van der Waals surface area contributed by atoms with Gasteiger partial charge in [-0.25, -0.2) is 0 Å². The van der Waals surface area contributed by atoms with Crippen LogP contribution in [0.1, 0.15) is 0 Å². The van der Waals surface area contributed by atoms with E-state index in [-0.39, 0.29) is 0 Å². The van der Waals surface area contributed by atoms with E-state index in [1.54, 1.807) is 6.20 Å². The van der Waals surface area contributed by atoms with Crippen LogP contribution in [0.5, 0.6) is 0 Å². The summed E-state index contributed by atoms with van der Waals surface area (Å²) in [4.78, 5) is 6.85. The molecule has 0 bridgehead atoms. The van der Waals surface area contributed by atoms with Crippen molar-refractivity contribution in [2.45, 2.75) is 0 Å². The maximum atomic E-state index is 5.77. The van der Waals surface area contributed by atoms with Crippen LogP contribution in [0.2, 0.25) is 0 Å². The van der Waals surface area contributed by atoms with Crippen molar-refractivity contribution in [3.05, 3.63) is 30.5 Å². The number of nitrogens with two attached hydrogens (primary N) is 1. The van der Waals surface area contributed by atoms with Gasteiger partial charge < -0.3 is 16.0 Å². The van der Waals surface area contributed by atoms with Crippen LogP contribution in [0.15, 0.2) is 30.5 Å². The number of nitrogens with one attached hydrogen (secondary N) is 1. The summed E-state index contributed by atoms with van der Waals surface area (Å²) in [7, 11) is 0. The van der Waals surface area contributed by atoms with E-state index in [4.69, 9.17) is 5.73 Å². The Bertz CT molecular complexity index is 532. The molecule has 0 amide bonds. The van der Waals surface area contributed by atoms with Crippen molar-refractivity contribution in [3.63, 3.8) is 0 Å². The van der Waals surface area contributed by atoms with Gasteiger partial charge in [0.05, 0.1) is 23.1 Å². The van der Waals surface area contributed by atoms with E-state index in [1.807, 2.05) is 6.07 Å². The number of piperazine rings is 1. The Balaban J connectivity index is 2.09. The molecular formula is C13H16N4. The Labute approximate surface area is 100 Å². The summed E-state index contributed by atoms with van der Waals surface area (Å²) < 4.78 is 0. The second kappa shape index (κ2) is 4.22. The molecule has 0 atom stereocenters. The topological polar surface area (TPSA) is 54.2 Å². The molecule has 88 valence electrons. The first kappa shape index (κ1) is 10.4. The van der Waals surface area contributed by atoms with Crippen LogP contribution in [-0.4, -0.2) is 31.2 Å². The molecule has 1 aromatic carbocycles. The molecule has 1 saturated heterocycles. The van der Waals surface area contributed by atoms with Crippen molar-refractivity contribution in [1.29, 1.82) is 0 Å². The summed E-state index contributed by atoms with van der Waals surface area (Å²) in [5.74, 6) is 0. The van der Waals surface area contributed by atoms with Gasteiger partial charge in [0, 0.05) is 31.6 Å². The summed E-state index contributed by atoms with van der Waals surface area (Å²) in [5.41, 5.74) is 8.74. The Morgan fingerprint density at radius 3 is 2.88 bits per heavy atom. The maximum absolute atomic E-state index is 5.77. The summed E-state index contributed by atoms with van der Waals surface area (Å²) in [6.45, 7) is 4.13. The summed E-state index contributed by atoms with van der Waals surface area (Å²) in [6.07, 6.45) is 1.73. The maximum Gasteiger partial charge on any atom is 0.0936 e. The fourth-order valence-corrected chi connectivity index (χ4v) is 2.32. The monoisotopic (exact) mass is 228 g/mol. The van der Waals surface area contributed by atoms with Gasteiger partial charge in [-0.05, 0) is 12.1 Å². The van der Waals surface area contributed by atoms with Crippen LogP contribution in [0, 0.1) is 0 Å². The molecule has 3 N–H and O–H groups in total. The third kappa shape index (κ3) is 1.91. The molecule has 1 aliphatic rings. The van der Waals surface area contributed by atoms with Gasteiger partial charge in [-0.3, -0.25) is 4.98 Å². The highest BCUT2D eigenvalue weighted by atomic mass is 15.2. The highest BCUT2D eigenvalue weighted by Crippen LogP contribution is 2.26. The summed E-state index contributed by atoms with van der Waals surface area (Å²) >= 11 is 0. The average Bonchev–Trinajstić information content (AvgIpc) is 2.39. The van der Waals surface area contributed by atoms with Gasteiger partial charge in [0.15, 0.2) is 0 Å². The molecule has 17 heavy (non-hydrogen) atoms. The molecule has 4 heteroatoms. The van der Waals surface area contributed by atoms with Gasteiger partial charge in [0.2, 0.25) is 0 Å². The molecule has 0 radical (unpaired) electrons. The smallest absolute Gasteiger partial charge is 0.0936 e. The highest BCUT2D eigenvalue weighted by Gasteiger charge is 2.13. The molecule has 0 aliphatic carbocycles. The molecule has 1 aromatic heterocycles. The molecule has 0 unspecified atom stereocenters. The van der Waals surface area contributed by atoms with Crippen LogP contribution < -0.4 is 16.0 Å². The largest absolute Gasteiger partial charge is 0.397 e. The zero-order chi connectivity index (χ0) is 11.7. The second-order valence-corrected chi connectivity index (χ2v) is 4.35. The van der Waals surface area contributed by atoms with E-state index in [0.717, 1.165) is 42.8 Å². The van der Waals surface area contributed by atoms with Gasteiger partial charge >= 0.3 is 0 Å². The van der Waals surface area contributed by atoms with Gasteiger partial charge in [-0.1, -0.05) is 12.1 Å².